The first-order chi connectivity index (χ1) is 5.79. The maximum absolute atomic E-state index is 8.88. The van der Waals surface area contributed by atoms with Gasteiger partial charge in [-0.25, -0.2) is 0 Å². The smallest absolute Gasteiger partial charge is 0.139 e. The van der Waals surface area contributed by atoms with E-state index in [2.05, 4.69) is 31.0 Å². The summed E-state index contributed by atoms with van der Waals surface area (Å²) >= 11 is 0. The number of hydrogen-bond acceptors (Lipinski definition) is 1. The lowest BCUT2D eigenvalue weighted by Crippen LogP contribution is -1.98. The number of hydrogen-bond donors (Lipinski definition) is 2. The van der Waals surface area contributed by atoms with E-state index in [0.29, 0.717) is 0 Å². The summed E-state index contributed by atoms with van der Waals surface area (Å²) in [5.74, 6) is 0. The molecule has 0 aliphatic rings. The van der Waals surface area contributed by atoms with Crippen LogP contribution < -0.4 is 5.46 Å². The quantitative estimate of drug-likeness (QED) is 0.561. The van der Waals surface area contributed by atoms with E-state index in [0.717, 1.165) is 16.6 Å². The van der Waals surface area contributed by atoms with Crippen LogP contribution in [0.5, 0.6) is 0 Å². The number of nitrogens with one attached hydrogen (secondary N) is 1. The average molecular weight is 159 g/mol. The average Bonchev–Trinajstić information content (AvgIpc) is 2.46. The van der Waals surface area contributed by atoms with Crippen LogP contribution in [0.3, 0.4) is 0 Å². The Hall–Kier alpha value is -1.22. The highest BCUT2D eigenvalue weighted by atomic mass is 16.3. The van der Waals surface area contributed by atoms with Gasteiger partial charge in [0.05, 0.1) is 6.61 Å². The van der Waals surface area contributed by atoms with Crippen LogP contribution in [0.1, 0.15) is 5.69 Å². The van der Waals surface area contributed by atoms with Gasteiger partial charge in [0.2, 0.25) is 0 Å². The summed E-state index contributed by atoms with van der Waals surface area (Å²) in [6, 6.07) is 8.17. The van der Waals surface area contributed by atoms with Gasteiger partial charge in [-0.3, -0.25) is 0 Å². The molecule has 0 atom stereocenters. The number of H-pyrrole nitrogens is 1. The Labute approximate surface area is 71.6 Å². The monoisotopic (exact) mass is 159 g/mol. The number of benzene rings is 1. The van der Waals surface area contributed by atoms with Gasteiger partial charge in [-0.15, -0.1) is 0 Å². The minimum Gasteiger partial charge on any atom is -0.390 e. The maximum Gasteiger partial charge on any atom is 0.139 e. The lowest BCUT2D eigenvalue weighted by atomic mass is 9.96. The molecular formula is C9H10BNO. The normalized spacial score (nSPS) is 10.8. The molecule has 0 unspecified atom stereocenters. The van der Waals surface area contributed by atoms with Gasteiger partial charge >= 0.3 is 0 Å². The van der Waals surface area contributed by atoms with Crippen molar-refractivity contribution in [2.24, 2.45) is 0 Å². The minimum atomic E-state index is 0.0771. The van der Waals surface area contributed by atoms with Gasteiger partial charge < -0.3 is 10.1 Å². The number of fused-ring (bicyclic) bond motifs is 1. The molecule has 2 N–H and O–H groups in total. The summed E-state index contributed by atoms with van der Waals surface area (Å²) in [5, 5.41) is 10.0. The van der Waals surface area contributed by atoms with E-state index in [-0.39, 0.29) is 6.61 Å². The molecule has 0 aliphatic heterocycles. The van der Waals surface area contributed by atoms with Crippen LogP contribution in [0, 0.1) is 0 Å². The fourth-order valence-corrected chi connectivity index (χ4v) is 1.39. The molecule has 2 rings (SSSR count). The van der Waals surface area contributed by atoms with E-state index >= 15 is 0 Å². The second kappa shape index (κ2) is 2.68. The van der Waals surface area contributed by atoms with Crippen molar-refractivity contribution < 1.29 is 5.11 Å². The fraction of sp³-hybridized carbons (Fsp3) is 0.111. The maximum atomic E-state index is 8.88. The van der Waals surface area contributed by atoms with Crippen LogP contribution in [0.15, 0.2) is 24.3 Å². The molecule has 12 heavy (non-hydrogen) atoms. The summed E-state index contributed by atoms with van der Waals surface area (Å²) in [6.07, 6.45) is 0. The summed E-state index contributed by atoms with van der Waals surface area (Å²) in [7, 11) is 2.05. The largest absolute Gasteiger partial charge is 0.390 e. The molecule has 0 bridgehead atoms. The molecule has 1 aromatic carbocycles. The number of aliphatic hydroxyl groups is 1. The molecule has 1 aromatic heterocycles. The van der Waals surface area contributed by atoms with Gasteiger partial charge in [0.25, 0.3) is 0 Å². The summed E-state index contributed by atoms with van der Waals surface area (Å²) in [5.41, 5.74) is 3.20. The van der Waals surface area contributed by atoms with E-state index < -0.39 is 0 Å². The molecule has 2 nitrogen and oxygen atoms in total. The highest BCUT2D eigenvalue weighted by Crippen LogP contribution is 2.12. The van der Waals surface area contributed by atoms with E-state index in [9.17, 15) is 0 Å². The highest BCUT2D eigenvalue weighted by molar-refractivity contribution is 6.33. The Morgan fingerprint density at radius 2 is 2.17 bits per heavy atom. The SMILES string of the molecule is Bc1ccc2cc(CO)[nH]c2c1. The van der Waals surface area contributed by atoms with Crippen LogP contribution in [0.2, 0.25) is 0 Å². The van der Waals surface area contributed by atoms with Gasteiger partial charge in [0.15, 0.2) is 0 Å². The van der Waals surface area contributed by atoms with E-state index in [1.165, 1.54) is 5.46 Å². The predicted octanol–water partition coefficient (Wildman–Crippen LogP) is -0.0814. The lowest BCUT2D eigenvalue weighted by Gasteiger charge is -1.91. The first kappa shape index (κ1) is 7.43. The second-order valence-electron chi connectivity index (χ2n) is 3.04. The number of aliphatic hydroxyl groups excluding tert-OH is 1. The lowest BCUT2D eigenvalue weighted by molar-refractivity contribution is 0.278. The van der Waals surface area contributed by atoms with E-state index in [1.807, 2.05) is 6.07 Å². The third kappa shape index (κ3) is 1.12. The standard InChI is InChI=1S/C9H10BNO/c10-7-2-1-6-3-8(5-12)11-9(6)4-7/h1-4,11-12H,5,10H2. The van der Waals surface area contributed by atoms with Crippen molar-refractivity contribution in [3.63, 3.8) is 0 Å². The molecule has 0 saturated carbocycles. The molecule has 0 fully saturated rings. The molecule has 0 saturated heterocycles. The molecule has 0 spiro atoms. The fourth-order valence-electron chi connectivity index (χ4n) is 1.39. The first-order valence-corrected chi connectivity index (χ1v) is 3.99. The molecule has 3 heteroatoms. The number of rotatable bonds is 1. The van der Waals surface area contributed by atoms with Crippen molar-refractivity contribution in [1.29, 1.82) is 0 Å². The zero-order chi connectivity index (χ0) is 8.55. The van der Waals surface area contributed by atoms with Gasteiger partial charge in [-0.1, -0.05) is 17.6 Å². The van der Waals surface area contributed by atoms with Crippen molar-refractivity contribution in [2.45, 2.75) is 6.61 Å². The van der Waals surface area contributed by atoms with Crippen molar-refractivity contribution in [3.05, 3.63) is 30.0 Å². The van der Waals surface area contributed by atoms with Crippen molar-refractivity contribution in [1.82, 2.24) is 4.98 Å². The van der Waals surface area contributed by atoms with Gasteiger partial charge in [0, 0.05) is 11.2 Å². The molecule has 0 aliphatic carbocycles. The van der Waals surface area contributed by atoms with Crippen LogP contribution >= 0.6 is 0 Å². The third-order valence-corrected chi connectivity index (χ3v) is 2.00. The third-order valence-electron chi connectivity index (χ3n) is 2.00. The van der Waals surface area contributed by atoms with E-state index in [4.69, 9.17) is 5.11 Å². The number of aromatic nitrogens is 1. The zero-order valence-electron chi connectivity index (χ0n) is 6.96. The van der Waals surface area contributed by atoms with Crippen molar-refractivity contribution >= 4 is 24.2 Å². The molecule has 0 amide bonds. The predicted molar refractivity (Wildman–Crippen MR) is 52.4 cm³/mol. The molecule has 2 aromatic rings. The zero-order valence-corrected chi connectivity index (χ0v) is 6.96. The summed E-state index contributed by atoms with van der Waals surface area (Å²) in [4.78, 5) is 3.14. The van der Waals surface area contributed by atoms with Gasteiger partial charge in [-0.2, -0.15) is 0 Å². The topological polar surface area (TPSA) is 36.0 Å². The first-order valence-electron chi connectivity index (χ1n) is 3.99. The van der Waals surface area contributed by atoms with Gasteiger partial charge in [-0.05, 0) is 17.5 Å². The Kier molecular flexibility index (Phi) is 1.66. The second-order valence-corrected chi connectivity index (χ2v) is 3.04. The van der Waals surface area contributed by atoms with Crippen LogP contribution in [-0.4, -0.2) is 17.9 Å². The Morgan fingerprint density at radius 1 is 1.33 bits per heavy atom. The minimum absolute atomic E-state index is 0.0771. The highest BCUT2D eigenvalue weighted by Gasteiger charge is 1.98. The number of aromatic amines is 1. The van der Waals surface area contributed by atoms with Crippen LogP contribution in [0.25, 0.3) is 10.9 Å². The molecular weight excluding hydrogens is 149 g/mol. The Morgan fingerprint density at radius 3 is 2.92 bits per heavy atom. The van der Waals surface area contributed by atoms with Crippen LogP contribution in [-0.2, 0) is 6.61 Å². The Balaban J connectivity index is 2.67. The van der Waals surface area contributed by atoms with Gasteiger partial charge in [0.1, 0.15) is 7.85 Å². The molecule has 60 valence electrons. The Bertz CT molecular complexity index is 408. The van der Waals surface area contributed by atoms with Crippen molar-refractivity contribution in [3.8, 4) is 0 Å². The van der Waals surface area contributed by atoms with E-state index in [1.54, 1.807) is 0 Å². The molecule has 0 radical (unpaired) electrons. The van der Waals surface area contributed by atoms with Crippen LogP contribution in [0.4, 0.5) is 0 Å². The summed E-state index contributed by atoms with van der Waals surface area (Å²) < 4.78 is 0. The molecule has 1 heterocycles. The summed E-state index contributed by atoms with van der Waals surface area (Å²) in [6.45, 7) is 0.0771. The van der Waals surface area contributed by atoms with Crippen molar-refractivity contribution in [2.75, 3.05) is 0 Å².